The van der Waals surface area contributed by atoms with Crippen LogP contribution in [0.1, 0.15) is 11.3 Å². The molecule has 6 heteroatoms. The van der Waals surface area contributed by atoms with Crippen LogP contribution >= 0.6 is 11.6 Å². The van der Waals surface area contributed by atoms with Gasteiger partial charge < -0.3 is 9.84 Å². The Morgan fingerprint density at radius 1 is 1.21 bits per heavy atom. The Morgan fingerprint density at radius 3 is 2.67 bits per heavy atom. The molecule has 3 rings (SSSR count). The number of hydrogen-bond donors (Lipinski definition) is 1. The minimum atomic E-state index is -0.533. The molecule has 1 N–H and O–H groups in total. The summed E-state index contributed by atoms with van der Waals surface area (Å²) >= 11 is 5.69. The zero-order valence-corrected chi connectivity index (χ0v) is 13.6. The monoisotopic (exact) mass is 344 g/mol. The average molecular weight is 345 g/mol. The van der Waals surface area contributed by atoms with Crippen LogP contribution in [0, 0.1) is 12.7 Å². The molecule has 0 atom stereocenters. The van der Waals surface area contributed by atoms with Crippen LogP contribution in [0.4, 0.5) is 10.1 Å². The first-order valence-electron chi connectivity index (χ1n) is 7.29. The van der Waals surface area contributed by atoms with Gasteiger partial charge >= 0.3 is 0 Å². The van der Waals surface area contributed by atoms with Crippen molar-refractivity contribution in [2.45, 2.75) is 13.3 Å². The van der Waals surface area contributed by atoms with E-state index in [1.165, 1.54) is 18.2 Å². The number of aryl methyl sites for hydroxylation is 1. The second-order valence-electron chi connectivity index (χ2n) is 5.40. The van der Waals surface area contributed by atoms with Crippen molar-refractivity contribution >= 4 is 23.2 Å². The lowest BCUT2D eigenvalue weighted by Crippen LogP contribution is -2.14. The van der Waals surface area contributed by atoms with Crippen molar-refractivity contribution in [2.24, 2.45) is 0 Å². The summed E-state index contributed by atoms with van der Waals surface area (Å²) in [7, 11) is 0. The second-order valence-corrected chi connectivity index (χ2v) is 5.81. The van der Waals surface area contributed by atoms with Crippen molar-refractivity contribution in [3.05, 3.63) is 70.6 Å². The minimum absolute atomic E-state index is 0.0455. The molecule has 1 heterocycles. The average Bonchev–Trinajstić information content (AvgIpc) is 3.00. The smallest absolute Gasteiger partial charge is 0.230 e. The van der Waals surface area contributed by atoms with Crippen molar-refractivity contribution in [3.8, 4) is 11.3 Å². The lowest BCUT2D eigenvalue weighted by Gasteiger charge is -2.04. The Labute approximate surface area is 143 Å². The fourth-order valence-corrected chi connectivity index (χ4v) is 2.37. The highest BCUT2D eigenvalue weighted by molar-refractivity contribution is 6.31. The van der Waals surface area contributed by atoms with Gasteiger partial charge in [-0.3, -0.25) is 4.79 Å². The van der Waals surface area contributed by atoms with Crippen LogP contribution in [0.25, 0.3) is 11.3 Å². The third-order valence-electron chi connectivity index (χ3n) is 3.44. The van der Waals surface area contributed by atoms with Crippen molar-refractivity contribution < 1.29 is 13.7 Å². The molecule has 1 amide bonds. The summed E-state index contributed by atoms with van der Waals surface area (Å²) in [6.45, 7) is 2.00. The Bertz CT molecular complexity index is 875. The summed E-state index contributed by atoms with van der Waals surface area (Å²) in [5.41, 5.74) is 2.98. The highest BCUT2D eigenvalue weighted by Gasteiger charge is 2.11. The number of nitrogens with one attached hydrogen (secondary N) is 1. The number of carbonyl (C=O) groups is 1. The van der Waals surface area contributed by atoms with Crippen LogP contribution < -0.4 is 5.32 Å². The van der Waals surface area contributed by atoms with E-state index in [2.05, 4.69) is 10.5 Å². The summed E-state index contributed by atoms with van der Waals surface area (Å²) in [6, 6.07) is 13.5. The van der Waals surface area contributed by atoms with Crippen molar-refractivity contribution in [1.29, 1.82) is 0 Å². The number of halogens is 2. The number of carbonyl (C=O) groups excluding carboxylic acids is 1. The van der Waals surface area contributed by atoms with Gasteiger partial charge in [-0.05, 0) is 25.1 Å². The Morgan fingerprint density at radius 2 is 1.96 bits per heavy atom. The van der Waals surface area contributed by atoms with Crippen LogP contribution in [0.3, 0.4) is 0 Å². The number of benzene rings is 2. The summed E-state index contributed by atoms with van der Waals surface area (Å²) in [6.07, 6.45) is 0.0460. The molecule has 2 aromatic carbocycles. The highest BCUT2D eigenvalue weighted by atomic mass is 35.5. The summed E-state index contributed by atoms with van der Waals surface area (Å²) in [5.74, 6) is -0.224. The molecule has 0 radical (unpaired) electrons. The van der Waals surface area contributed by atoms with Gasteiger partial charge in [-0.15, -0.1) is 0 Å². The first kappa shape index (κ1) is 16.2. The first-order valence-corrected chi connectivity index (χ1v) is 7.66. The van der Waals surface area contributed by atoms with Gasteiger partial charge in [0, 0.05) is 17.3 Å². The van der Waals surface area contributed by atoms with Gasteiger partial charge in [0.1, 0.15) is 5.82 Å². The summed E-state index contributed by atoms with van der Waals surface area (Å²) in [5, 5.41) is 6.50. The molecule has 24 heavy (non-hydrogen) atoms. The highest BCUT2D eigenvalue weighted by Crippen LogP contribution is 2.22. The van der Waals surface area contributed by atoms with Crippen LogP contribution in [-0.2, 0) is 11.2 Å². The normalized spacial score (nSPS) is 10.6. The van der Waals surface area contributed by atoms with Crippen molar-refractivity contribution in [3.63, 3.8) is 0 Å². The van der Waals surface area contributed by atoms with E-state index in [9.17, 15) is 9.18 Å². The predicted octanol–water partition coefficient (Wildman–Crippen LogP) is 4.62. The van der Waals surface area contributed by atoms with Gasteiger partial charge in [-0.25, -0.2) is 4.39 Å². The molecule has 4 nitrogen and oxygen atoms in total. The number of hydrogen-bond acceptors (Lipinski definition) is 3. The fourth-order valence-electron chi connectivity index (χ4n) is 2.19. The maximum Gasteiger partial charge on any atom is 0.230 e. The molecule has 3 aromatic rings. The van der Waals surface area contributed by atoms with E-state index in [1.54, 1.807) is 6.07 Å². The van der Waals surface area contributed by atoms with Crippen LogP contribution in [0.2, 0.25) is 5.02 Å². The van der Waals surface area contributed by atoms with E-state index >= 15 is 0 Å². The topological polar surface area (TPSA) is 55.1 Å². The molecule has 0 aliphatic rings. The SMILES string of the molecule is Cc1ccc(-c2cc(CC(=O)Nc3ccc(F)c(Cl)c3)no2)cc1. The van der Waals surface area contributed by atoms with Gasteiger partial charge in [0.2, 0.25) is 5.91 Å². The van der Waals surface area contributed by atoms with E-state index < -0.39 is 5.82 Å². The molecule has 0 saturated carbocycles. The predicted molar refractivity (Wildman–Crippen MR) is 90.4 cm³/mol. The van der Waals surface area contributed by atoms with E-state index in [0.717, 1.165) is 11.1 Å². The fraction of sp³-hybridized carbons (Fsp3) is 0.111. The molecule has 1 aromatic heterocycles. The van der Waals surface area contributed by atoms with Crippen LogP contribution in [-0.4, -0.2) is 11.1 Å². The molecule has 0 spiro atoms. The third-order valence-corrected chi connectivity index (χ3v) is 3.73. The number of rotatable bonds is 4. The van der Waals surface area contributed by atoms with Crippen molar-refractivity contribution in [1.82, 2.24) is 5.16 Å². The molecule has 0 aliphatic carbocycles. The zero-order valence-electron chi connectivity index (χ0n) is 12.8. The number of anilines is 1. The molecule has 0 saturated heterocycles. The van der Waals surface area contributed by atoms with E-state index in [1.807, 2.05) is 31.2 Å². The third kappa shape index (κ3) is 3.81. The van der Waals surface area contributed by atoms with Crippen LogP contribution in [0.15, 0.2) is 53.1 Å². The van der Waals surface area contributed by atoms with Gasteiger partial charge in [0.15, 0.2) is 5.76 Å². The van der Waals surface area contributed by atoms with Crippen LogP contribution in [0.5, 0.6) is 0 Å². The number of amides is 1. The van der Waals surface area contributed by atoms with Gasteiger partial charge in [0.25, 0.3) is 0 Å². The molecule has 0 aliphatic heterocycles. The Hall–Kier alpha value is -2.66. The lowest BCUT2D eigenvalue weighted by molar-refractivity contribution is -0.115. The van der Waals surface area contributed by atoms with Gasteiger partial charge in [-0.2, -0.15) is 0 Å². The largest absolute Gasteiger partial charge is 0.356 e. The number of nitrogens with zero attached hydrogens (tertiary/aromatic N) is 1. The summed E-state index contributed by atoms with van der Waals surface area (Å²) in [4.78, 5) is 12.0. The van der Waals surface area contributed by atoms with Gasteiger partial charge in [0.05, 0.1) is 17.1 Å². The maximum absolute atomic E-state index is 13.1. The van der Waals surface area contributed by atoms with Gasteiger partial charge in [-0.1, -0.05) is 46.6 Å². The molecule has 0 bridgehead atoms. The van der Waals surface area contributed by atoms with E-state index in [-0.39, 0.29) is 17.4 Å². The Balaban J connectivity index is 1.66. The second kappa shape index (κ2) is 6.84. The number of aromatic nitrogens is 1. The quantitative estimate of drug-likeness (QED) is 0.751. The molecule has 0 unspecified atom stereocenters. The lowest BCUT2D eigenvalue weighted by atomic mass is 10.1. The molecular formula is C18H14ClFN2O2. The van der Waals surface area contributed by atoms with Crippen molar-refractivity contribution in [2.75, 3.05) is 5.32 Å². The Kier molecular flexibility index (Phi) is 4.62. The van der Waals surface area contributed by atoms with E-state index in [0.29, 0.717) is 17.1 Å². The standard InChI is InChI=1S/C18H14ClFN2O2/c1-11-2-4-12(5-3-11)17-9-14(22-24-17)10-18(23)21-13-6-7-16(20)15(19)8-13/h2-9H,10H2,1H3,(H,21,23). The maximum atomic E-state index is 13.1. The molecule has 0 fully saturated rings. The summed E-state index contributed by atoms with van der Waals surface area (Å²) < 4.78 is 18.4. The molecular weight excluding hydrogens is 331 g/mol. The minimum Gasteiger partial charge on any atom is -0.356 e. The van der Waals surface area contributed by atoms with E-state index in [4.69, 9.17) is 16.1 Å². The molecule has 122 valence electrons. The first-order chi connectivity index (χ1) is 11.5. The zero-order chi connectivity index (χ0) is 17.1.